The van der Waals surface area contributed by atoms with E-state index in [4.69, 9.17) is 10.5 Å². The lowest BCUT2D eigenvalue weighted by molar-refractivity contribution is 0.412. The first kappa shape index (κ1) is 12.6. The molecule has 2 N–H and O–H groups in total. The smallest absolute Gasteiger partial charge is 0.131 e. The number of rotatable bonds is 3. The van der Waals surface area contributed by atoms with Crippen molar-refractivity contribution >= 4 is 0 Å². The predicted octanol–water partition coefficient (Wildman–Crippen LogP) is 3.27. The molecule has 0 heterocycles. The Hall–Kier alpha value is -1.87. The molecular weight excluding hydrogens is 229 g/mol. The standard InChI is InChI=1S/C15H16FNO/c1-10-7-12(4-6-15(10)18-2)13-5-3-11(9-17)8-14(13)16/h3-8H,9,17H2,1-2H3. The molecule has 0 bridgehead atoms. The number of benzene rings is 2. The summed E-state index contributed by atoms with van der Waals surface area (Å²) in [5.74, 6) is 0.556. The van der Waals surface area contributed by atoms with E-state index in [2.05, 4.69) is 0 Å². The van der Waals surface area contributed by atoms with Gasteiger partial charge < -0.3 is 10.5 Å². The molecule has 0 atom stereocenters. The number of aryl methyl sites for hydroxylation is 1. The molecular formula is C15H16FNO. The van der Waals surface area contributed by atoms with Gasteiger partial charge >= 0.3 is 0 Å². The Kier molecular flexibility index (Phi) is 3.63. The van der Waals surface area contributed by atoms with Crippen LogP contribution in [0, 0.1) is 12.7 Å². The summed E-state index contributed by atoms with van der Waals surface area (Å²) in [6, 6.07) is 10.7. The van der Waals surface area contributed by atoms with Gasteiger partial charge in [-0.15, -0.1) is 0 Å². The molecule has 18 heavy (non-hydrogen) atoms. The van der Waals surface area contributed by atoms with Crippen LogP contribution in [0.15, 0.2) is 36.4 Å². The van der Waals surface area contributed by atoms with Gasteiger partial charge in [0.2, 0.25) is 0 Å². The van der Waals surface area contributed by atoms with Gasteiger partial charge in [-0.25, -0.2) is 4.39 Å². The fourth-order valence-electron chi connectivity index (χ4n) is 1.97. The topological polar surface area (TPSA) is 35.2 Å². The Bertz CT molecular complexity index is 566. The lowest BCUT2D eigenvalue weighted by Gasteiger charge is -2.09. The highest BCUT2D eigenvalue weighted by molar-refractivity contribution is 5.66. The molecule has 0 unspecified atom stereocenters. The van der Waals surface area contributed by atoms with E-state index in [1.54, 1.807) is 13.2 Å². The fourth-order valence-corrected chi connectivity index (χ4v) is 1.97. The van der Waals surface area contributed by atoms with Crippen LogP contribution in [0.5, 0.6) is 5.75 Å². The van der Waals surface area contributed by atoms with Gasteiger partial charge in [0.25, 0.3) is 0 Å². The van der Waals surface area contributed by atoms with Gasteiger partial charge in [-0.2, -0.15) is 0 Å². The van der Waals surface area contributed by atoms with E-state index in [0.29, 0.717) is 12.1 Å². The van der Waals surface area contributed by atoms with Gasteiger partial charge in [0, 0.05) is 12.1 Å². The lowest BCUT2D eigenvalue weighted by atomic mass is 10.0. The van der Waals surface area contributed by atoms with Crippen LogP contribution in [0.25, 0.3) is 11.1 Å². The van der Waals surface area contributed by atoms with Crippen molar-refractivity contribution in [3.63, 3.8) is 0 Å². The highest BCUT2D eigenvalue weighted by Gasteiger charge is 2.07. The van der Waals surface area contributed by atoms with Crippen molar-refractivity contribution in [2.45, 2.75) is 13.5 Å². The van der Waals surface area contributed by atoms with E-state index in [0.717, 1.165) is 22.4 Å². The van der Waals surface area contributed by atoms with Crippen molar-refractivity contribution in [3.05, 3.63) is 53.3 Å². The molecule has 0 aliphatic rings. The Morgan fingerprint density at radius 1 is 1.17 bits per heavy atom. The summed E-state index contributed by atoms with van der Waals surface area (Å²) in [6.07, 6.45) is 0. The van der Waals surface area contributed by atoms with Gasteiger partial charge in [0.1, 0.15) is 11.6 Å². The molecule has 0 spiro atoms. The van der Waals surface area contributed by atoms with E-state index in [9.17, 15) is 4.39 Å². The van der Waals surface area contributed by atoms with Crippen LogP contribution in [0.1, 0.15) is 11.1 Å². The van der Waals surface area contributed by atoms with Gasteiger partial charge in [-0.05, 0) is 41.8 Å². The Morgan fingerprint density at radius 3 is 2.50 bits per heavy atom. The van der Waals surface area contributed by atoms with Crippen LogP contribution in [0.4, 0.5) is 4.39 Å². The van der Waals surface area contributed by atoms with Crippen LogP contribution < -0.4 is 10.5 Å². The zero-order valence-corrected chi connectivity index (χ0v) is 10.5. The summed E-state index contributed by atoms with van der Waals surface area (Å²) < 4.78 is 19.1. The summed E-state index contributed by atoms with van der Waals surface area (Å²) in [6.45, 7) is 2.29. The third-order valence-electron chi connectivity index (χ3n) is 2.98. The van der Waals surface area contributed by atoms with Crippen LogP contribution in [-0.2, 0) is 6.54 Å². The minimum Gasteiger partial charge on any atom is -0.496 e. The summed E-state index contributed by atoms with van der Waals surface area (Å²) in [5, 5.41) is 0. The lowest BCUT2D eigenvalue weighted by Crippen LogP contribution is -1.97. The third kappa shape index (κ3) is 2.36. The van der Waals surface area contributed by atoms with Crippen molar-refractivity contribution in [2.24, 2.45) is 5.73 Å². The van der Waals surface area contributed by atoms with Gasteiger partial charge in [-0.3, -0.25) is 0 Å². The first-order valence-electron chi connectivity index (χ1n) is 5.79. The van der Waals surface area contributed by atoms with Crippen molar-refractivity contribution in [2.75, 3.05) is 7.11 Å². The maximum Gasteiger partial charge on any atom is 0.131 e. The molecule has 2 rings (SSSR count). The van der Waals surface area contributed by atoms with Crippen LogP contribution in [0.3, 0.4) is 0 Å². The van der Waals surface area contributed by atoms with E-state index >= 15 is 0 Å². The molecule has 0 saturated carbocycles. The van der Waals surface area contributed by atoms with Crippen LogP contribution in [0.2, 0.25) is 0 Å². The van der Waals surface area contributed by atoms with Gasteiger partial charge in [0.15, 0.2) is 0 Å². The Morgan fingerprint density at radius 2 is 1.94 bits per heavy atom. The Labute approximate surface area is 106 Å². The normalized spacial score (nSPS) is 10.4. The zero-order valence-electron chi connectivity index (χ0n) is 10.5. The van der Waals surface area contributed by atoms with E-state index in [1.807, 2.05) is 31.2 Å². The second-order valence-electron chi connectivity index (χ2n) is 4.20. The molecule has 0 aromatic heterocycles. The second-order valence-corrected chi connectivity index (χ2v) is 4.20. The van der Waals surface area contributed by atoms with Crippen molar-refractivity contribution in [3.8, 4) is 16.9 Å². The van der Waals surface area contributed by atoms with Gasteiger partial charge in [0.05, 0.1) is 7.11 Å². The monoisotopic (exact) mass is 245 g/mol. The molecule has 0 aliphatic carbocycles. The molecule has 3 heteroatoms. The number of nitrogens with two attached hydrogens (primary N) is 1. The largest absolute Gasteiger partial charge is 0.496 e. The quantitative estimate of drug-likeness (QED) is 0.900. The minimum atomic E-state index is -0.248. The molecule has 0 saturated heterocycles. The molecule has 2 aromatic rings. The second kappa shape index (κ2) is 5.19. The molecule has 94 valence electrons. The maximum absolute atomic E-state index is 14.0. The predicted molar refractivity (Wildman–Crippen MR) is 71.0 cm³/mol. The molecule has 0 amide bonds. The van der Waals surface area contributed by atoms with E-state index in [-0.39, 0.29) is 5.82 Å². The number of hydrogen-bond donors (Lipinski definition) is 1. The third-order valence-corrected chi connectivity index (χ3v) is 2.98. The van der Waals surface area contributed by atoms with E-state index < -0.39 is 0 Å². The van der Waals surface area contributed by atoms with E-state index in [1.165, 1.54) is 6.07 Å². The summed E-state index contributed by atoms with van der Waals surface area (Å²) >= 11 is 0. The molecule has 0 fully saturated rings. The first-order chi connectivity index (χ1) is 8.65. The van der Waals surface area contributed by atoms with Crippen LogP contribution in [-0.4, -0.2) is 7.11 Å². The number of ether oxygens (including phenoxy) is 1. The Balaban J connectivity index is 2.45. The number of halogens is 1. The fraction of sp³-hybridized carbons (Fsp3) is 0.200. The minimum absolute atomic E-state index is 0.248. The summed E-state index contributed by atoms with van der Waals surface area (Å²) in [5.41, 5.74) is 8.69. The van der Waals surface area contributed by atoms with Crippen molar-refractivity contribution in [1.29, 1.82) is 0 Å². The number of methoxy groups -OCH3 is 1. The highest BCUT2D eigenvalue weighted by atomic mass is 19.1. The average Bonchev–Trinajstić information content (AvgIpc) is 2.38. The first-order valence-corrected chi connectivity index (χ1v) is 5.79. The summed E-state index contributed by atoms with van der Waals surface area (Å²) in [7, 11) is 1.62. The van der Waals surface area contributed by atoms with Crippen LogP contribution >= 0.6 is 0 Å². The zero-order chi connectivity index (χ0) is 13.1. The molecule has 0 aliphatic heterocycles. The molecule has 2 nitrogen and oxygen atoms in total. The van der Waals surface area contributed by atoms with Gasteiger partial charge in [-0.1, -0.05) is 18.2 Å². The van der Waals surface area contributed by atoms with Crippen molar-refractivity contribution < 1.29 is 9.13 Å². The molecule has 0 radical (unpaired) electrons. The molecule has 2 aromatic carbocycles. The summed E-state index contributed by atoms with van der Waals surface area (Å²) in [4.78, 5) is 0. The van der Waals surface area contributed by atoms with Crippen molar-refractivity contribution in [1.82, 2.24) is 0 Å². The SMILES string of the molecule is COc1ccc(-c2ccc(CN)cc2F)cc1C. The maximum atomic E-state index is 14.0. The average molecular weight is 245 g/mol. The number of hydrogen-bond acceptors (Lipinski definition) is 2. The highest BCUT2D eigenvalue weighted by Crippen LogP contribution is 2.28.